The lowest BCUT2D eigenvalue weighted by Crippen LogP contribution is -2.50. The molecule has 3 aromatic rings. The molecule has 0 bridgehead atoms. The highest BCUT2D eigenvalue weighted by atomic mass is 19.1. The Bertz CT molecular complexity index is 1370. The van der Waals surface area contributed by atoms with Gasteiger partial charge in [0, 0.05) is 48.3 Å². The molecule has 1 fully saturated rings. The molecule has 1 aromatic carbocycles. The number of nitrogens with one attached hydrogen (secondary N) is 1. The molecule has 0 radical (unpaired) electrons. The molecule has 8 heteroatoms. The van der Waals surface area contributed by atoms with Gasteiger partial charge < -0.3 is 20.0 Å². The lowest BCUT2D eigenvalue weighted by molar-refractivity contribution is 0.282. The fourth-order valence-electron chi connectivity index (χ4n) is 6.64. The summed E-state index contributed by atoms with van der Waals surface area (Å²) in [5, 5.41) is 3.63. The third-order valence-corrected chi connectivity index (χ3v) is 9.26. The highest BCUT2D eigenvalue weighted by Gasteiger charge is 2.37. The molecule has 0 aliphatic carbocycles. The first kappa shape index (κ1) is 26.9. The van der Waals surface area contributed by atoms with Crippen molar-refractivity contribution >= 4 is 23.0 Å². The molecule has 0 spiro atoms. The van der Waals surface area contributed by atoms with Gasteiger partial charge in [-0.25, -0.2) is 19.3 Å². The molecule has 7 nitrogen and oxygen atoms in total. The van der Waals surface area contributed by atoms with E-state index in [0.29, 0.717) is 18.9 Å². The van der Waals surface area contributed by atoms with E-state index in [2.05, 4.69) is 76.0 Å². The SMILES string of the molecule is CC1(C)CCN(C(C)(C)CCN2CCCC2)c2cc(Nc3ncnc4c3CCN(c3ncccc3F)C4)ccc21. The Kier molecular flexibility index (Phi) is 7.15. The minimum atomic E-state index is -0.303. The number of hydrogen-bond acceptors (Lipinski definition) is 7. The Labute approximate surface area is 237 Å². The van der Waals surface area contributed by atoms with E-state index in [1.807, 2.05) is 4.90 Å². The minimum absolute atomic E-state index is 0.0603. The van der Waals surface area contributed by atoms with Crippen molar-refractivity contribution in [1.29, 1.82) is 0 Å². The molecule has 5 heterocycles. The van der Waals surface area contributed by atoms with Gasteiger partial charge in [0.2, 0.25) is 0 Å². The van der Waals surface area contributed by atoms with E-state index in [1.165, 1.54) is 43.2 Å². The first-order valence-corrected chi connectivity index (χ1v) is 14.8. The first-order valence-electron chi connectivity index (χ1n) is 14.8. The average molecular weight is 544 g/mol. The summed E-state index contributed by atoms with van der Waals surface area (Å²) >= 11 is 0. The van der Waals surface area contributed by atoms with E-state index in [4.69, 9.17) is 0 Å². The van der Waals surface area contributed by atoms with Crippen LogP contribution in [0.2, 0.25) is 0 Å². The van der Waals surface area contributed by atoms with E-state index >= 15 is 0 Å². The zero-order valence-electron chi connectivity index (χ0n) is 24.4. The standard InChI is InChI=1S/C32H42FN7/c1-31(2)12-19-40(32(3,4)13-18-38-15-5-6-16-38)28-20-23(9-10-25(28)31)37-29-24-11-17-39(21-27(24)35-22-36-29)30-26(33)8-7-14-34-30/h7-10,14,20,22H,5-6,11-13,15-19,21H2,1-4H3,(H,35,36,37). The lowest BCUT2D eigenvalue weighted by atomic mass is 9.76. The topological polar surface area (TPSA) is 60.4 Å². The summed E-state index contributed by atoms with van der Waals surface area (Å²) in [7, 11) is 0. The zero-order chi connectivity index (χ0) is 27.9. The molecule has 40 heavy (non-hydrogen) atoms. The maximum absolute atomic E-state index is 14.4. The molecule has 6 rings (SSSR count). The van der Waals surface area contributed by atoms with Crippen LogP contribution in [0.3, 0.4) is 0 Å². The van der Waals surface area contributed by atoms with Gasteiger partial charge in [-0.05, 0) is 94.3 Å². The van der Waals surface area contributed by atoms with E-state index in [-0.39, 0.29) is 16.8 Å². The maximum atomic E-state index is 14.4. The van der Waals surface area contributed by atoms with Crippen LogP contribution in [0.15, 0.2) is 42.9 Å². The van der Waals surface area contributed by atoms with Crippen molar-refractivity contribution in [3.8, 4) is 0 Å². The lowest BCUT2D eigenvalue weighted by Gasteiger charge is -2.48. The molecular formula is C32H42FN7. The van der Waals surface area contributed by atoms with Gasteiger partial charge >= 0.3 is 0 Å². The predicted molar refractivity (Wildman–Crippen MR) is 160 cm³/mol. The second-order valence-electron chi connectivity index (χ2n) is 12.9. The average Bonchev–Trinajstić information content (AvgIpc) is 3.46. The molecule has 0 unspecified atom stereocenters. The van der Waals surface area contributed by atoms with Crippen molar-refractivity contribution in [3.05, 3.63) is 65.5 Å². The second-order valence-corrected chi connectivity index (χ2v) is 12.9. The zero-order valence-corrected chi connectivity index (χ0v) is 24.4. The summed E-state index contributed by atoms with van der Waals surface area (Å²) in [5.74, 6) is 0.912. The quantitative estimate of drug-likeness (QED) is 0.388. The number of anilines is 4. The smallest absolute Gasteiger partial charge is 0.165 e. The van der Waals surface area contributed by atoms with Gasteiger partial charge in [0.1, 0.15) is 12.1 Å². The Morgan fingerprint density at radius 3 is 2.65 bits per heavy atom. The second kappa shape index (κ2) is 10.6. The van der Waals surface area contributed by atoms with E-state index < -0.39 is 0 Å². The van der Waals surface area contributed by atoms with Gasteiger partial charge in [0.05, 0.1) is 12.2 Å². The number of aromatic nitrogens is 3. The Morgan fingerprint density at radius 1 is 1.02 bits per heavy atom. The van der Waals surface area contributed by atoms with Crippen LogP contribution in [0.5, 0.6) is 0 Å². The molecule has 1 saturated heterocycles. The van der Waals surface area contributed by atoms with Crippen LogP contribution < -0.4 is 15.1 Å². The van der Waals surface area contributed by atoms with Gasteiger partial charge in [-0.3, -0.25) is 0 Å². The predicted octanol–water partition coefficient (Wildman–Crippen LogP) is 6.07. The number of pyridine rings is 1. The van der Waals surface area contributed by atoms with Crippen molar-refractivity contribution in [2.45, 2.75) is 77.3 Å². The fraction of sp³-hybridized carbons (Fsp3) is 0.531. The summed E-state index contributed by atoms with van der Waals surface area (Å²) in [5.41, 5.74) is 5.98. The number of nitrogens with zero attached hydrogens (tertiary/aromatic N) is 6. The van der Waals surface area contributed by atoms with Crippen LogP contribution >= 0.6 is 0 Å². The maximum Gasteiger partial charge on any atom is 0.165 e. The van der Waals surface area contributed by atoms with Crippen LogP contribution in [0, 0.1) is 5.82 Å². The van der Waals surface area contributed by atoms with Crippen LogP contribution in [0.4, 0.5) is 27.4 Å². The van der Waals surface area contributed by atoms with Crippen molar-refractivity contribution in [2.24, 2.45) is 0 Å². The van der Waals surface area contributed by atoms with Gasteiger partial charge in [-0.15, -0.1) is 0 Å². The number of likely N-dealkylation sites (tertiary alicyclic amines) is 1. The third-order valence-electron chi connectivity index (χ3n) is 9.26. The first-order chi connectivity index (χ1) is 19.2. The van der Waals surface area contributed by atoms with Crippen molar-refractivity contribution in [3.63, 3.8) is 0 Å². The Morgan fingerprint density at radius 2 is 1.85 bits per heavy atom. The molecule has 0 atom stereocenters. The molecule has 0 amide bonds. The highest BCUT2D eigenvalue weighted by molar-refractivity contribution is 5.71. The van der Waals surface area contributed by atoms with Crippen molar-refractivity contribution < 1.29 is 4.39 Å². The number of fused-ring (bicyclic) bond motifs is 2. The van der Waals surface area contributed by atoms with Gasteiger partial charge in [-0.1, -0.05) is 19.9 Å². The molecule has 2 aromatic heterocycles. The molecule has 0 saturated carbocycles. The number of hydrogen-bond donors (Lipinski definition) is 1. The van der Waals surface area contributed by atoms with Crippen molar-refractivity contribution in [2.75, 3.05) is 47.8 Å². The minimum Gasteiger partial charge on any atom is -0.366 e. The Balaban J connectivity index is 1.25. The number of benzene rings is 1. The number of rotatable bonds is 7. The Hall–Kier alpha value is -3.26. The molecule has 3 aliphatic heterocycles. The van der Waals surface area contributed by atoms with E-state index in [9.17, 15) is 4.39 Å². The van der Waals surface area contributed by atoms with Crippen LogP contribution in [0.25, 0.3) is 0 Å². The van der Waals surface area contributed by atoms with Gasteiger partial charge in [-0.2, -0.15) is 0 Å². The third kappa shape index (κ3) is 5.26. The highest BCUT2D eigenvalue weighted by Crippen LogP contribution is 2.44. The molecule has 3 aliphatic rings. The summed E-state index contributed by atoms with van der Waals surface area (Å²) in [6.07, 6.45) is 8.93. The summed E-state index contributed by atoms with van der Waals surface area (Å²) in [6, 6.07) is 9.89. The number of halogens is 1. The summed E-state index contributed by atoms with van der Waals surface area (Å²) in [6.45, 7) is 15.4. The summed E-state index contributed by atoms with van der Waals surface area (Å²) in [4.78, 5) is 20.7. The normalized spacial score (nSPS) is 18.9. The van der Waals surface area contributed by atoms with Crippen LogP contribution in [0.1, 0.15) is 70.2 Å². The van der Waals surface area contributed by atoms with Gasteiger partial charge in [0.25, 0.3) is 0 Å². The van der Waals surface area contributed by atoms with Crippen LogP contribution in [-0.2, 0) is 18.4 Å². The molecule has 1 N–H and O–H groups in total. The fourth-order valence-corrected chi connectivity index (χ4v) is 6.64. The monoisotopic (exact) mass is 543 g/mol. The van der Waals surface area contributed by atoms with Crippen LogP contribution in [-0.4, -0.2) is 58.1 Å². The van der Waals surface area contributed by atoms with E-state index in [0.717, 1.165) is 55.1 Å². The van der Waals surface area contributed by atoms with Gasteiger partial charge in [0.15, 0.2) is 11.6 Å². The largest absolute Gasteiger partial charge is 0.366 e. The summed E-state index contributed by atoms with van der Waals surface area (Å²) < 4.78 is 14.4. The van der Waals surface area contributed by atoms with E-state index in [1.54, 1.807) is 18.6 Å². The molecular weight excluding hydrogens is 501 g/mol. The van der Waals surface area contributed by atoms with Crippen molar-refractivity contribution in [1.82, 2.24) is 19.9 Å². The molecule has 212 valence electrons.